The smallest absolute Gasteiger partial charge is 0.330 e. The number of carboxylic acid groups (broad SMARTS) is 1. The lowest BCUT2D eigenvalue weighted by Crippen LogP contribution is -2.42. The number of benzene rings is 2. The van der Waals surface area contributed by atoms with Crippen molar-refractivity contribution in [3.05, 3.63) is 91.6 Å². The summed E-state index contributed by atoms with van der Waals surface area (Å²) in [4.78, 5) is 59.9. The predicted octanol–water partition coefficient (Wildman–Crippen LogP) is 13.0. The van der Waals surface area contributed by atoms with Gasteiger partial charge >= 0.3 is 23.9 Å². The van der Waals surface area contributed by atoms with Gasteiger partial charge in [-0.05, 0) is 56.2 Å². The first kappa shape index (κ1) is 61.5. The Morgan fingerprint density at radius 1 is 0.451 bits per heavy atom. The van der Waals surface area contributed by atoms with E-state index in [-0.39, 0.29) is 29.9 Å². The van der Waals surface area contributed by atoms with Crippen LogP contribution in [0.15, 0.2) is 80.4 Å². The highest BCUT2D eigenvalue weighted by Gasteiger charge is 2.24. The van der Waals surface area contributed by atoms with Gasteiger partial charge in [-0.15, -0.1) is 0 Å². The van der Waals surface area contributed by atoms with Gasteiger partial charge in [-0.3, -0.25) is 4.79 Å². The molecular weight excluding hydrogens is 903 g/mol. The Morgan fingerprint density at radius 3 is 1.08 bits per heavy atom. The van der Waals surface area contributed by atoms with E-state index in [2.05, 4.69) is 25.1 Å². The molecule has 2 N–H and O–H groups in total. The van der Waals surface area contributed by atoms with Gasteiger partial charge in [0.15, 0.2) is 11.5 Å². The fraction of sp³-hybridized carbons (Fsp3) is 0.603. The second-order valence-corrected chi connectivity index (χ2v) is 18.1. The van der Waals surface area contributed by atoms with E-state index in [0.717, 1.165) is 179 Å². The molecule has 0 aliphatic heterocycles. The number of rotatable bonds is 47. The summed E-state index contributed by atoms with van der Waals surface area (Å²) in [5.74, 6) is -1.53. The van der Waals surface area contributed by atoms with Gasteiger partial charge in [0.25, 0.3) is 5.91 Å². The van der Waals surface area contributed by atoms with Crippen LogP contribution in [-0.2, 0) is 39.8 Å². The predicted molar refractivity (Wildman–Crippen MR) is 280 cm³/mol. The molecule has 0 aromatic heterocycles. The second kappa shape index (κ2) is 42.1. The van der Waals surface area contributed by atoms with Crippen molar-refractivity contribution in [2.24, 2.45) is 0 Å². The number of hydrogen-bond donors (Lipinski definition) is 2. The van der Waals surface area contributed by atoms with Crippen molar-refractivity contribution in [2.75, 3.05) is 39.6 Å². The maximum absolute atomic E-state index is 13.9. The number of hydrogen-bond acceptors (Lipinski definition) is 11. The Labute approximate surface area is 425 Å². The molecule has 2 rings (SSSR count). The van der Waals surface area contributed by atoms with Crippen LogP contribution in [0, 0.1) is 0 Å². The molecule has 1 amide bonds. The highest BCUT2D eigenvalue weighted by molar-refractivity contribution is 5.98. The average Bonchev–Trinajstić information content (AvgIpc) is 3.37. The van der Waals surface area contributed by atoms with Crippen molar-refractivity contribution in [2.45, 2.75) is 186 Å². The molecule has 2 aromatic rings. The van der Waals surface area contributed by atoms with Gasteiger partial charge in [-0.25, -0.2) is 19.2 Å². The summed E-state index contributed by atoms with van der Waals surface area (Å²) < 4.78 is 34.5. The summed E-state index contributed by atoms with van der Waals surface area (Å²) in [6, 6.07) is 11.4. The van der Waals surface area contributed by atoms with E-state index < -0.39 is 17.9 Å². The third-order valence-corrected chi connectivity index (χ3v) is 12.0. The van der Waals surface area contributed by atoms with Crippen molar-refractivity contribution >= 4 is 29.8 Å². The minimum Gasteiger partial charge on any atom is -0.490 e. The van der Waals surface area contributed by atoms with Crippen LogP contribution >= 0.6 is 0 Å². The zero-order valence-electron chi connectivity index (χ0n) is 43.0. The molecule has 0 bridgehead atoms. The Balaban J connectivity index is 2.06. The molecule has 0 fully saturated rings. The highest BCUT2D eigenvalue weighted by Crippen LogP contribution is 2.40. The minimum absolute atomic E-state index is 0.130. The standard InChI is InChI=1S/C58H87NO12/c1-4-53(60)68-41-33-24-18-12-7-10-16-22-31-39-66-51-46-49(57(63)59-50(58(64)65)45-48-37-29-28-30-38-48)47-52(67-40-32-23-17-11-8-13-19-25-34-42-69-54(61)5-2)56(51)71-44-36-27-21-15-9-14-20-26-35-43-70-55(62)6-3/h4-6,28-30,37-38,46-47,50H,1-3,7-27,31-36,39-45H2,(H,59,63)(H,64,65)/t50-/m0/s1. The maximum Gasteiger partial charge on any atom is 0.330 e. The molecule has 0 aliphatic carbocycles. The molecule has 0 aliphatic rings. The summed E-state index contributed by atoms with van der Waals surface area (Å²) >= 11 is 0. The van der Waals surface area contributed by atoms with Crippen LogP contribution < -0.4 is 19.5 Å². The maximum atomic E-state index is 13.9. The molecule has 0 saturated carbocycles. The van der Waals surface area contributed by atoms with Crippen LogP contribution in [0.5, 0.6) is 17.2 Å². The molecule has 0 heterocycles. The van der Waals surface area contributed by atoms with Crippen LogP contribution in [-0.4, -0.2) is 80.6 Å². The Hall–Kier alpha value is -5.59. The van der Waals surface area contributed by atoms with Crippen LogP contribution in [0.3, 0.4) is 0 Å². The van der Waals surface area contributed by atoms with E-state index in [0.29, 0.717) is 56.9 Å². The molecule has 0 saturated heterocycles. The number of carbonyl (C=O) groups is 5. The van der Waals surface area contributed by atoms with E-state index in [4.69, 9.17) is 28.4 Å². The molecule has 1 atom stereocenters. The second-order valence-electron chi connectivity index (χ2n) is 18.1. The van der Waals surface area contributed by atoms with E-state index in [9.17, 15) is 29.1 Å². The van der Waals surface area contributed by atoms with Crippen molar-refractivity contribution in [3.8, 4) is 17.2 Å². The number of esters is 3. The molecule has 0 unspecified atom stereocenters. The topological polar surface area (TPSA) is 173 Å². The van der Waals surface area contributed by atoms with Crippen molar-refractivity contribution < 1.29 is 57.5 Å². The molecule has 71 heavy (non-hydrogen) atoms. The number of aliphatic carboxylic acids is 1. The van der Waals surface area contributed by atoms with Crippen LogP contribution in [0.25, 0.3) is 0 Å². The van der Waals surface area contributed by atoms with Gasteiger partial charge in [0.05, 0.1) is 39.6 Å². The first-order valence-electron chi connectivity index (χ1n) is 26.7. The number of amides is 1. The summed E-state index contributed by atoms with van der Waals surface area (Å²) in [6.07, 6.45) is 31.5. The molecule has 13 nitrogen and oxygen atoms in total. The number of ether oxygens (including phenoxy) is 6. The largest absolute Gasteiger partial charge is 0.490 e. The first-order valence-corrected chi connectivity index (χ1v) is 26.7. The Bertz CT molecular complexity index is 1730. The van der Waals surface area contributed by atoms with Crippen molar-refractivity contribution in [1.29, 1.82) is 0 Å². The lowest BCUT2D eigenvalue weighted by Gasteiger charge is -2.20. The lowest BCUT2D eigenvalue weighted by molar-refractivity contribution is -0.139. The van der Waals surface area contributed by atoms with Gasteiger partial charge < -0.3 is 38.8 Å². The third-order valence-electron chi connectivity index (χ3n) is 12.0. The van der Waals surface area contributed by atoms with Gasteiger partial charge in [0.1, 0.15) is 6.04 Å². The van der Waals surface area contributed by atoms with E-state index in [1.54, 1.807) is 12.1 Å². The van der Waals surface area contributed by atoms with Gasteiger partial charge in [-0.1, -0.05) is 185 Å². The van der Waals surface area contributed by atoms with Crippen LogP contribution in [0.2, 0.25) is 0 Å². The zero-order chi connectivity index (χ0) is 51.4. The van der Waals surface area contributed by atoms with E-state index in [1.165, 1.54) is 18.2 Å². The van der Waals surface area contributed by atoms with Gasteiger partial charge in [0.2, 0.25) is 5.75 Å². The van der Waals surface area contributed by atoms with Crippen LogP contribution in [0.4, 0.5) is 0 Å². The number of carboxylic acids is 1. The first-order chi connectivity index (χ1) is 34.7. The summed E-state index contributed by atoms with van der Waals surface area (Å²) in [5.41, 5.74) is 1.03. The summed E-state index contributed by atoms with van der Waals surface area (Å²) in [7, 11) is 0. The SMILES string of the molecule is C=CC(=O)OCCCCCCCCCCCOc1cc(C(=O)N[C@@H](Cc2ccccc2)C(=O)O)cc(OCCCCCCCCCCCOC(=O)C=C)c1OCCCCCCCCCCCOC(=O)C=C. The fourth-order valence-corrected chi connectivity index (χ4v) is 7.91. The van der Waals surface area contributed by atoms with Gasteiger partial charge in [-0.2, -0.15) is 0 Å². The molecular formula is C58H87NO12. The molecule has 13 heteroatoms. The number of unbranched alkanes of at least 4 members (excludes halogenated alkanes) is 24. The van der Waals surface area contributed by atoms with Crippen molar-refractivity contribution in [1.82, 2.24) is 5.32 Å². The molecule has 0 radical (unpaired) electrons. The Morgan fingerprint density at radius 2 is 0.761 bits per heavy atom. The fourth-order valence-electron chi connectivity index (χ4n) is 7.91. The normalized spacial score (nSPS) is 11.2. The Kier molecular flexibility index (Phi) is 36.5. The lowest BCUT2D eigenvalue weighted by atomic mass is 10.1. The van der Waals surface area contributed by atoms with E-state index >= 15 is 0 Å². The zero-order valence-corrected chi connectivity index (χ0v) is 43.0. The van der Waals surface area contributed by atoms with Crippen molar-refractivity contribution in [3.63, 3.8) is 0 Å². The molecule has 396 valence electrons. The van der Waals surface area contributed by atoms with E-state index in [1.807, 2.05) is 30.3 Å². The van der Waals surface area contributed by atoms with Crippen LogP contribution in [0.1, 0.15) is 189 Å². The average molecular weight is 990 g/mol. The summed E-state index contributed by atoms with van der Waals surface area (Å²) in [6.45, 7) is 12.8. The molecule has 0 spiro atoms. The number of nitrogens with one attached hydrogen (secondary N) is 1. The monoisotopic (exact) mass is 990 g/mol. The molecule has 2 aromatic carbocycles. The number of carbonyl (C=O) groups excluding carboxylic acids is 4. The van der Waals surface area contributed by atoms with Gasteiger partial charge in [0, 0.05) is 30.2 Å². The summed E-state index contributed by atoms with van der Waals surface area (Å²) in [5, 5.41) is 12.9. The highest BCUT2D eigenvalue weighted by atomic mass is 16.5. The minimum atomic E-state index is -1.15. The quantitative estimate of drug-likeness (QED) is 0.0278. The third kappa shape index (κ3) is 32.1.